The Hall–Kier alpha value is -1.35. The Morgan fingerprint density at radius 3 is 2.67 bits per heavy atom. The number of benzene rings is 1. The van der Waals surface area contributed by atoms with E-state index in [-0.39, 0.29) is 6.54 Å². The van der Waals surface area contributed by atoms with Crippen molar-refractivity contribution in [3.05, 3.63) is 34.9 Å². The van der Waals surface area contributed by atoms with Crippen molar-refractivity contribution >= 4 is 5.97 Å². The molecular weight excluding hydrogens is 190 g/mol. The molecule has 0 amide bonds. The molecule has 0 saturated carbocycles. The molecule has 15 heavy (non-hydrogen) atoms. The summed E-state index contributed by atoms with van der Waals surface area (Å²) in [5, 5.41) is 8.91. The van der Waals surface area contributed by atoms with Gasteiger partial charge in [-0.15, -0.1) is 0 Å². The normalized spacial score (nSPS) is 12.5. The van der Waals surface area contributed by atoms with Gasteiger partial charge in [0.15, 0.2) is 0 Å². The number of carbonyl (C=O) groups is 1. The quantitative estimate of drug-likeness (QED) is 0.786. The molecule has 0 fully saturated rings. The molecule has 1 aromatic rings. The van der Waals surface area contributed by atoms with Gasteiger partial charge in [0.25, 0.3) is 0 Å². The van der Waals surface area contributed by atoms with E-state index in [2.05, 4.69) is 0 Å². The van der Waals surface area contributed by atoms with Crippen molar-refractivity contribution < 1.29 is 9.90 Å². The number of aryl methyl sites for hydroxylation is 1. The van der Waals surface area contributed by atoms with Crippen molar-refractivity contribution in [2.75, 3.05) is 6.54 Å². The van der Waals surface area contributed by atoms with Gasteiger partial charge >= 0.3 is 5.97 Å². The third kappa shape index (κ3) is 2.80. The van der Waals surface area contributed by atoms with E-state index in [4.69, 9.17) is 10.8 Å². The van der Waals surface area contributed by atoms with Crippen LogP contribution in [-0.2, 0) is 11.2 Å². The van der Waals surface area contributed by atoms with Crippen molar-refractivity contribution in [1.82, 2.24) is 0 Å². The zero-order valence-electron chi connectivity index (χ0n) is 9.16. The minimum atomic E-state index is -0.821. The van der Waals surface area contributed by atoms with Crippen LogP contribution in [0.5, 0.6) is 0 Å². The molecule has 0 heterocycles. The molecule has 0 saturated heterocycles. The molecule has 1 rings (SSSR count). The summed E-state index contributed by atoms with van der Waals surface area (Å²) in [6.07, 6.45) is 0.513. The number of carboxylic acids is 1. The Kier molecular flexibility index (Phi) is 3.86. The van der Waals surface area contributed by atoms with Crippen LogP contribution in [0.1, 0.15) is 16.7 Å². The van der Waals surface area contributed by atoms with Crippen molar-refractivity contribution in [2.24, 2.45) is 11.7 Å². The molecule has 1 atom stereocenters. The van der Waals surface area contributed by atoms with Crippen LogP contribution in [0.25, 0.3) is 0 Å². The number of aliphatic carboxylic acids is 1. The number of carboxylic acid groups (broad SMARTS) is 1. The second-order valence-electron chi connectivity index (χ2n) is 3.83. The summed E-state index contributed by atoms with van der Waals surface area (Å²) in [5.41, 5.74) is 8.86. The summed E-state index contributed by atoms with van der Waals surface area (Å²) in [7, 11) is 0. The van der Waals surface area contributed by atoms with Gasteiger partial charge < -0.3 is 10.8 Å². The molecule has 3 heteroatoms. The van der Waals surface area contributed by atoms with Crippen molar-refractivity contribution in [3.63, 3.8) is 0 Å². The molecule has 82 valence electrons. The molecule has 0 bridgehead atoms. The van der Waals surface area contributed by atoms with Crippen LogP contribution in [0.15, 0.2) is 18.2 Å². The van der Waals surface area contributed by atoms with Crippen LogP contribution < -0.4 is 5.73 Å². The largest absolute Gasteiger partial charge is 0.481 e. The van der Waals surface area contributed by atoms with Gasteiger partial charge in [-0.3, -0.25) is 4.79 Å². The number of rotatable bonds is 4. The van der Waals surface area contributed by atoms with Gasteiger partial charge in [0.2, 0.25) is 0 Å². The molecule has 3 N–H and O–H groups in total. The maximum absolute atomic E-state index is 10.9. The first kappa shape index (κ1) is 11.7. The lowest BCUT2D eigenvalue weighted by Crippen LogP contribution is -2.25. The molecule has 0 aliphatic rings. The number of nitrogens with two attached hydrogens (primary N) is 1. The smallest absolute Gasteiger partial charge is 0.308 e. The van der Waals surface area contributed by atoms with E-state index in [1.54, 1.807) is 0 Å². The number of hydrogen-bond donors (Lipinski definition) is 2. The Morgan fingerprint density at radius 2 is 2.13 bits per heavy atom. The SMILES string of the molecule is Cc1cccc(CC(CN)C(=O)O)c1C. The molecule has 0 radical (unpaired) electrons. The van der Waals surface area contributed by atoms with E-state index in [1.165, 1.54) is 5.56 Å². The Labute approximate surface area is 89.9 Å². The Bertz CT molecular complexity index is 361. The third-order valence-electron chi connectivity index (χ3n) is 2.82. The first-order chi connectivity index (χ1) is 7.06. The standard InChI is InChI=1S/C12H17NO2/c1-8-4-3-5-10(9(8)2)6-11(7-13)12(14)15/h3-5,11H,6-7,13H2,1-2H3,(H,14,15). The highest BCUT2D eigenvalue weighted by Crippen LogP contribution is 2.16. The maximum Gasteiger partial charge on any atom is 0.308 e. The van der Waals surface area contributed by atoms with Gasteiger partial charge in [-0.1, -0.05) is 18.2 Å². The fraction of sp³-hybridized carbons (Fsp3) is 0.417. The molecule has 3 nitrogen and oxygen atoms in total. The van der Waals surface area contributed by atoms with E-state index < -0.39 is 11.9 Å². The molecule has 0 spiro atoms. The highest BCUT2D eigenvalue weighted by molar-refractivity contribution is 5.70. The highest BCUT2D eigenvalue weighted by atomic mass is 16.4. The summed E-state index contributed by atoms with van der Waals surface area (Å²) < 4.78 is 0. The van der Waals surface area contributed by atoms with Gasteiger partial charge in [-0.25, -0.2) is 0 Å². The fourth-order valence-corrected chi connectivity index (χ4v) is 1.57. The lowest BCUT2D eigenvalue weighted by atomic mass is 9.94. The van der Waals surface area contributed by atoms with Crippen LogP contribution in [0, 0.1) is 19.8 Å². The fourth-order valence-electron chi connectivity index (χ4n) is 1.57. The van der Waals surface area contributed by atoms with Crippen LogP contribution in [0.2, 0.25) is 0 Å². The van der Waals surface area contributed by atoms with Gasteiger partial charge in [0.1, 0.15) is 0 Å². The second kappa shape index (κ2) is 4.94. The van der Waals surface area contributed by atoms with Gasteiger partial charge in [0, 0.05) is 6.54 Å². The van der Waals surface area contributed by atoms with Crippen LogP contribution >= 0.6 is 0 Å². The van der Waals surface area contributed by atoms with Crippen molar-refractivity contribution in [3.8, 4) is 0 Å². The van der Waals surface area contributed by atoms with Gasteiger partial charge in [0.05, 0.1) is 5.92 Å². The lowest BCUT2D eigenvalue weighted by Gasteiger charge is -2.13. The second-order valence-corrected chi connectivity index (χ2v) is 3.83. The zero-order valence-corrected chi connectivity index (χ0v) is 9.16. The van der Waals surface area contributed by atoms with Crippen molar-refractivity contribution in [1.29, 1.82) is 0 Å². The number of hydrogen-bond acceptors (Lipinski definition) is 2. The summed E-state index contributed by atoms with van der Waals surface area (Å²) >= 11 is 0. The van der Waals surface area contributed by atoms with E-state index in [1.807, 2.05) is 32.0 Å². The average molecular weight is 207 g/mol. The van der Waals surface area contributed by atoms with E-state index in [0.717, 1.165) is 11.1 Å². The highest BCUT2D eigenvalue weighted by Gasteiger charge is 2.16. The lowest BCUT2D eigenvalue weighted by molar-refractivity contribution is -0.141. The van der Waals surface area contributed by atoms with Gasteiger partial charge in [-0.2, -0.15) is 0 Å². The molecule has 1 aromatic carbocycles. The van der Waals surface area contributed by atoms with Crippen LogP contribution in [-0.4, -0.2) is 17.6 Å². The first-order valence-corrected chi connectivity index (χ1v) is 5.04. The van der Waals surface area contributed by atoms with E-state index in [0.29, 0.717) is 6.42 Å². The third-order valence-corrected chi connectivity index (χ3v) is 2.82. The van der Waals surface area contributed by atoms with Crippen LogP contribution in [0.3, 0.4) is 0 Å². The van der Waals surface area contributed by atoms with Crippen molar-refractivity contribution in [2.45, 2.75) is 20.3 Å². The monoisotopic (exact) mass is 207 g/mol. The summed E-state index contributed by atoms with van der Waals surface area (Å²) in [5.74, 6) is -1.30. The minimum Gasteiger partial charge on any atom is -0.481 e. The summed E-state index contributed by atoms with van der Waals surface area (Å²) in [4.78, 5) is 10.9. The Balaban J connectivity index is 2.88. The first-order valence-electron chi connectivity index (χ1n) is 5.04. The maximum atomic E-state index is 10.9. The summed E-state index contributed by atoms with van der Waals surface area (Å²) in [6.45, 7) is 4.22. The predicted molar refractivity (Wildman–Crippen MR) is 59.8 cm³/mol. The van der Waals surface area contributed by atoms with E-state index >= 15 is 0 Å². The Morgan fingerprint density at radius 1 is 1.47 bits per heavy atom. The zero-order chi connectivity index (χ0) is 11.4. The molecule has 0 aliphatic carbocycles. The van der Waals surface area contributed by atoms with Crippen LogP contribution in [0.4, 0.5) is 0 Å². The van der Waals surface area contributed by atoms with E-state index in [9.17, 15) is 4.79 Å². The van der Waals surface area contributed by atoms with Gasteiger partial charge in [-0.05, 0) is 37.0 Å². The molecular formula is C12H17NO2. The molecule has 0 aromatic heterocycles. The minimum absolute atomic E-state index is 0.183. The average Bonchev–Trinajstić information content (AvgIpc) is 2.19. The predicted octanol–water partition coefficient (Wildman–Crippen LogP) is 1.51. The molecule has 0 aliphatic heterocycles. The topological polar surface area (TPSA) is 63.3 Å². The summed E-state index contributed by atoms with van der Waals surface area (Å²) in [6, 6.07) is 5.94. The molecule has 1 unspecified atom stereocenters.